The van der Waals surface area contributed by atoms with Gasteiger partial charge in [0, 0.05) is 18.2 Å². The summed E-state index contributed by atoms with van der Waals surface area (Å²) in [6.07, 6.45) is 3.86. The summed E-state index contributed by atoms with van der Waals surface area (Å²) in [4.78, 5) is 25.7. The Balaban J connectivity index is 1.46. The average Bonchev–Trinajstić information content (AvgIpc) is 3.27. The predicted octanol–water partition coefficient (Wildman–Crippen LogP) is 3.94. The molecule has 0 bridgehead atoms. The molecule has 8 nitrogen and oxygen atoms in total. The maximum atomic E-state index is 13.1. The van der Waals surface area contributed by atoms with E-state index < -0.39 is 10.5 Å². The van der Waals surface area contributed by atoms with Gasteiger partial charge in [-0.15, -0.1) is 0 Å². The maximum Gasteiger partial charge on any atom is 0.269 e. The Bertz CT molecular complexity index is 1000. The number of amides is 1. The van der Waals surface area contributed by atoms with Gasteiger partial charge in [0.05, 0.1) is 17.0 Å². The number of carbonyl (C=O) groups is 1. The van der Waals surface area contributed by atoms with E-state index in [1.165, 1.54) is 6.07 Å². The van der Waals surface area contributed by atoms with Gasteiger partial charge in [0.2, 0.25) is 5.91 Å². The SMILES string of the molecule is C[C@H](c1cccc([N+](=O)[O-])c1)N(C)CC(=O)NC1(c2ccc3c(c2)OCCO3)CCCC1. The number of ether oxygens (including phenoxy) is 2. The minimum Gasteiger partial charge on any atom is -0.486 e. The molecule has 1 heterocycles. The largest absolute Gasteiger partial charge is 0.486 e. The van der Waals surface area contributed by atoms with Crippen molar-refractivity contribution in [3.8, 4) is 11.5 Å². The van der Waals surface area contributed by atoms with Crippen molar-refractivity contribution in [1.82, 2.24) is 10.2 Å². The van der Waals surface area contributed by atoms with Gasteiger partial charge in [-0.2, -0.15) is 0 Å². The van der Waals surface area contributed by atoms with E-state index in [0.717, 1.165) is 48.3 Å². The van der Waals surface area contributed by atoms with Crippen LogP contribution in [0.2, 0.25) is 0 Å². The van der Waals surface area contributed by atoms with Crippen molar-refractivity contribution in [3.63, 3.8) is 0 Å². The third-order valence-electron chi connectivity index (χ3n) is 6.55. The second-order valence-electron chi connectivity index (χ2n) is 8.64. The lowest BCUT2D eigenvalue weighted by Crippen LogP contribution is -2.47. The summed E-state index contributed by atoms with van der Waals surface area (Å²) >= 11 is 0. The van der Waals surface area contributed by atoms with E-state index in [-0.39, 0.29) is 24.2 Å². The molecule has 170 valence electrons. The Morgan fingerprint density at radius 2 is 1.88 bits per heavy atom. The Labute approximate surface area is 187 Å². The topological polar surface area (TPSA) is 93.9 Å². The summed E-state index contributed by atoms with van der Waals surface area (Å²) in [7, 11) is 1.86. The highest BCUT2D eigenvalue weighted by Gasteiger charge is 2.38. The van der Waals surface area contributed by atoms with Crippen molar-refractivity contribution in [2.75, 3.05) is 26.8 Å². The molecule has 0 unspecified atom stereocenters. The van der Waals surface area contributed by atoms with E-state index in [1.54, 1.807) is 12.1 Å². The number of hydrogen-bond acceptors (Lipinski definition) is 6. The summed E-state index contributed by atoms with van der Waals surface area (Å²) in [6, 6.07) is 12.4. The van der Waals surface area contributed by atoms with Crippen molar-refractivity contribution < 1.29 is 19.2 Å². The number of nitrogens with zero attached hydrogens (tertiary/aromatic N) is 2. The molecule has 2 aromatic rings. The maximum absolute atomic E-state index is 13.1. The van der Waals surface area contributed by atoms with E-state index in [2.05, 4.69) is 5.32 Å². The van der Waals surface area contributed by atoms with Crippen molar-refractivity contribution in [1.29, 1.82) is 0 Å². The fourth-order valence-electron chi connectivity index (χ4n) is 4.63. The van der Waals surface area contributed by atoms with Crippen LogP contribution in [-0.4, -0.2) is 42.5 Å². The molecule has 2 aliphatic rings. The molecule has 2 aromatic carbocycles. The van der Waals surface area contributed by atoms with E-state index in [1.807, 2.05) is 43.1 Å². The van der Waals surface area contributed by atoms with Gasteiger partial charge in [0.15, 0.2) is 11.5 Å². The number of rotatable bonds is 7. The van der Waals surface area contributed by atoms with Crippen LogP contribution in [0.3, 0.4) is 0 Å². The monoisotopic (exact) mass is 439 g/mol. The normalized spacial score (nSPS) is 17.7. The van der Waals surface area contributed by atoms with Gasteiger partial charge in [0.25, 0.3) is 5.69 Å². The first-order valence-electron chi connectivity index (χ1n) is 11.0. The van der Waals surface area contributed by atoms with Crippen LogP contribution in [0.25, 0.3) is 0 Å². The van der Waals surface area contributed by atoms with Crippen molar-refractivity contribution in [2.24, 2.45) is 0 Å². The molecule has 1 aliphatic carbocycles. The smallest absolute Gasteiger partial charge is 0.269 e. The number of non-ortho nitro benzene ring substituents is 1. The first kappa shape index (κ1) is 22.1. The molecular weight excluding hydrogens is 410 g/mol. The number of nitrogens with one attached hydrogen (secondary N) is 1. The fourth-order valence-corrected chi connectivity index (χ4v) is 4.63. The van der Waals surface area contributed by atoms with Crippen LogP contribution >= 0.6 is 0 Å². The second-order valence-corrected chi connectivity index (χ2v) is 8.64. The summed E-state index contributed by atoms with van der Waals surface area (Å²) in [5.74, 6) is 1.40. The van der Waals surface area contributed by atoms with E-state index in [0.29, 0.717) is 13.2 Å². The number of benzene rings is 2. The molecule has 0 radical (unpaired) electrons. The number of likely N-dealkylation sites (N-methyl/N-ethyl adjacent to an activating group) is 1. The Hall–Kier alpha value is -3.13. The predicted molar refractivity (Wildman–Crippen MR) is 120 cm³/mol. The van der Waals surface area contributed by atoms with Gasteiger partial charge < -0.3 is 14.8 Å². The molecule has 0 spiro atoms. The van der Waals surface area contributed by atoms with Gasteiger partial charge in [-0.25, -0.2) is 0 Å². The molecule has 0 aromatic heterocycles. The molecule has 1 atom stereocenters. The van der Waals surface area contributed by atoms with Crippen LogP contribution in [-0.2, 0) is 10.3 Å². The molecule has 4 rings (SSSR count). The first-order chi connectivity index (χ1) is 15.4. The molecule has 32 heavy (non-hydrogen) atoms. The third kappa shape index (κ3) is 4.55. The zero-order chi connectivity index (χ0) is 22.7. The summed E-state index contributed by atoms with van der Waals surface area (Å²) in [5.41, 5.74) is 1.48. The average molecular weight is 440 g/mol. The number of nitro benzene ring substituents is 1. The molecule has 1 N–H and O–H groups in total. The first-order valence-corrected chi connectivity index (χ1v) is 11.0. The van der Waals surface area contributed by atoms with Crippen molar-refractivity contribution in [2.45, 2.75) is 44.2 Å². The van der Waals surface area contributed by atoms with Crippen LogP contribution < -0.4 is 14.8 Å². The third-order valence-corrected chi connectivity index (χ3v) is 6.55. The number of nitro groups is 1. The molecule has 1 amide bonds. The lowest BCUT2D eigenvalue weighted by Gasteiger charge is -2.33. The second kappa shape index (κ2) is 9.16. The molecule has 0 saturated heterocycles. The van der Waals surface area contributed by atoms with Gasteiger partial charge in [-0.1, -0.05) is 31.0 Å². The van der Waals surface area contributed by atoms with Crippen LogP contribution in [0.4, 0.5) is 5.69 Å². The summed E-state index contributed by atoms with van der Waals surface area (Å²) < 4.78 is 11.4. The molecule has 1 fully saturated rings. The molecule has 8 heteroatoms. The standard InChI is InChI=1S/C24H29N3O5/c1-17(18-6-5-7-20(14-18)27(29)30)26(2)16-23(28)25-24(10-3-4-11-24)19-8-9-21-22(15-19)32-13-12-31-21/h5-9,14-15,17H,3-4,10-13,16H2,1-2H3,(H,25,28)/t17-/m1/s1. The minimum atomic E-state index is -0.414. The van der Waals surface area contributed by atoms with Crippen LogP contribution in [0, 0.1) is 10.1 Å². The Morgan fingerprint density at radius 1 is 1.16 bits per heavy atom. The van der Waals surface area contributed by atoms with E-state index in [9.17, 15) is 14.9 Å². The van der Waals surface area contributed by atoms with Gasteiger partial charge in [-0.05, 0) is 50.1 Å². The van der Waals surface area contributed by atoms with E-state index >= 15 is 0 Å². The quantitative estimate of drug-likeness (QED) is 0.519. The number of hydrogen-bond donors (Lipinski definition) is 1. The highest BCUT2D eigenvalue weighted by Crippen LogP contribution is 2.42. The zero-order valence-electron chi connectivity index (χ0n) is 18.5. The van der Waals surface area contributed by atoms with Crippen molar-refractivity contribution >= 4 is 11.6 Å². The summed E-state index contributed by atoms with van der Waals surface area (Å²) in [5, 5.41) is 14.4. The lowest BCUT2D eigenvalue weighted by atomic mass is 9.87. The van der Waals surface area contributed by atoms with E-state index in [4.69, 9.17) is 9.47 Å². The molecule has 1 aliphatic heterocycles. The van der Waals surface area contributed by atoms with Crippen LogP contribution in [0.5, 0.6) is 11.5 Å². The molecular formula is C24H29N3O5. The molecule has 1 saturated carbocycles. The van der Waals surface area contributed by atoms with Crippen LogP contribution in [0.15, 0.2) is 42.5 Å². The van der Waals surface area contributed by atoms with Crippen LogP contribution in [0.1, 0.15) is 49.8 Å². The summed E-state index contributed by atoms with van der Waals surface area (Å²) in [6.45, 7) is 3.20. The lowest BCUT2D eigenvalue weighted by molar-refractivity contribution is -0.384. The Kier molecular flexibility index (Phi) is 6.32. The highest BCUT2D eigenvalue weighted by atomic mass is 16.6. The van der Waals surface area contributed by atoms with Gasteiger partial charge in [-0.3, -0.25) is 19.8 Å². The fraction of sp³-hybridized carbons (Fsp3) is 0.458. The minimum absolute atomic E-state index is 0.0516. The number of carbonyl (C=O) groups excluding carboxylic acids is 1. The Morgan fingerprint density at radius 3 is 2.59 bits per heavy atom. The zero-order valence-corrected chi connectivity index (χ0v) is 18.5. The van der Waals surface area contributed by atoms with Gasteiger partial charge in [0.1, 0.15) is 13.2 Å². The van der Waals surface area contributed by atoms with Gasteiger partial charge >= 0.3 is 0 Å². The number of fused-ring (bicyclic) bond motifs is 1. The highest BCUT2D eigenvalue weighted by molar-refractivity contribution is 5.79. The van der Waals surface area contributed by atoms with Crippen molar-refractivity contribution in [3.05, 3.63) is 63.7 Å².